The fraction of sp³-hybridized carbons (Fsp3) is 0.333. The van der Waals surface area contributed by atoms with Crippen LogP contribution in [-0.2, 0) is 16.2 Å². The van der Waals surface area contributed by atoms with Gasteiger partial charge < -0.3 is 19.4 Å². The van der Waals surface area contributed by atoms with E-state index in [0.717, 1.165) is 0 Å². The van der Waals surface area contributed by atoms with E-state index >= 15 is 0 Å². The maximum atomic E-state index is 11.6. The molecule has 0 aliphatic heterocycles. The minimum Gasteiger partial charge on any atom is -0.491 e. The van der Waals surface area contributed by atoms with Gasteiger partial charge in [0.1, 0.15) is 29.0 Å². The van der Waals surface area contributed by atoms with Gasteiger partial charge in [0.15, 0.2) is 5.71 Å². The number of alkyl halides is 2. The first-order chi connectivity index (χ1) is 14.7. The van der Waals surface area contributed by atoms with Gasteiger partial charge in [0, 0.05) is 17.5 Å². The molecule has 1 fully saturated rings. The molecule has 31 heavy (non-hydrogen) atoms. The molecule has 1 saturated carbocycles. The molecule has 0 bridgehead atoms. The molecule has 1 aliphatic carbocycles. The van der Waals surface area contributed by atoms with Crippen LogP contribution in [0.15, 0.2) is 41.6 Å². The molecule has 3 rings (SSSR count). The van der Waals surface area contributed by atoms with Crippen molar-refractivity contribution in [2.45, 2.75) is 24.3 Å². The van der Waals surface area contributed by atoms with E-state index in [1.807, 2.05) is 0 Å². The minimum atomic E-state index is -1.21. The molecule has 1 N–H and O–H groups in total. The topological polar surface area (TPSA) is 77.4 Å². The van der Waals surface area contributed by atoms with Crippen LogP contribution in [-0.4, -0.2) is 34.3 Å². The highest BCUT2D eigenvalue weighted by Crippen LogP contribution is 2.53. The smallest absolute Gasteiger partial charge is 0.358 e. The Kier molecular flexibility index (Phi) is 7.81. The van der Waals surface area contributed by atoms with E-state index in [0.29, 0.717) is 40.7 Å². The van der Waals surface area contributed by atoms with Crippen molar-refractivity contribution < 1.29 is 24.2 Å². The highest BCUT2D eigenvalue weighted by Gasteiger charge is 2.52. The van der Waals surface area contributed by atoms with Crippen molar-refractivity contribution in [3.8, 4) is 11.5 Å². The summed E-state index contributed by atoms with van der Waals surface area (Å²) in [7, 11) is 0. The van der Waals surface area contributed by atoms with Crippen LogP contribution in [0.25, 0.3) is 0 Å². The summed E-state index contributed by atoms with van der Waals surface area (Å²) in [5.41, 5.74) is 0.741. The van der Waals surface area contributed by atoms with Crippen LogP contribution in [0.4, 0.5) is 0 Å². The van der Waals surface area contributed by atoms with Crippen LogP contribution in [0, 0.1) is 5.92 Å². The van der Waals surface area contributed by atoms with Crippen LogP contribution >= 0.6 is 46.4 Å². The monoisotopic (exact) mass is 505 g/mol. The van der Waals surface area contributed by atoms with E-state index in [4.69, 9.17) is 60.7 Å². The predicted molar refractivity (Wildman–Crippen MR) is 121 cm³/mol. The van der Waals surface area contributed by atoms with Gasteiger partial charge >= 0.3 is 5.97 Å². The van der Waals surface area contributed by atoms with Gasteiger partial charge in [-0.25, -0.2) is 4.79 Å². The molecular weight excluding hydrogens is 488 g/mol. The molecule has 2 aromatic rings. The molecule has 0 radical (unpaired) electrons. The maximum Gasteiger partial charge on any atom is 0.358 e. The maximum absolute atomic E-state index is 11.6. The molecule has 2 aromatic carbocycles. The zero-order valence-electron chi connectivity index (χ0n) is 16.4. The van der Waals surface area contributed by atoms with Gasteiger partial charge in [-0.1, -0.05) is 52.6 Å². The lowest BCUT2D eigenvalue weighted by atomic mass is 10.0. The standard InChI is InChI=1S/C21H19Cl4NO5/c1-2-31-26-19(20(27)28)14-6-4-3-5-12(14)10-29-17-8-18(16(23)7-15(17)22)30-11-13-9-21(13,24)25/h3-8,13H,2,9-11H2,1H3,(H,27,28). The van der Waals surface area contributed by atoms with Gasteiger partial charge in [-0.05, 0) is 25.0 Å². The molecule has 0 heterocycles. The quantitative estimate of drug-likeness (QED) is 0.244. The van der Waals surface area contributed by atoms with Crippen molar-refractivity contribution in [2.24, 2.45) is 11.1 Å². The highest BCUT2D eigenvalue weighted by molar-refractivity contribution is 6.50. The molecule has 0 amide bonds. The summed E-state index contributed by atoms with van der Waals surface area (Å²) in [4.78, 5) is 16.6. The van der Waals surface area contributed by atoms with E-state index in [2.05, 4.69) is 5.16 Å². The molecular formula is C21H19Cl4NO5. The number of hydrogen-bond donors (Lipinski definition) is 1. The van der Waals surface area contributed by atoms with Crippen LogP contribution in [0.1, 0.15) is 24.5 Å². The number of hydrogen-bond acceptors (Lipinski definition) is 5. The Labute approximate surface area is 199 Å². The summed E-state index contributed by atoms with van der Waals surface area (Å²) in [5, 5.41) is 13.8. The first-order valence-corrected chi connectivity index (χ1v) is 10.9. The first-order valence-electron chi connectivity index (χ1n) is 9.37. The second-order valence-electron chi connectivity index (χ2n) is 6.79. The molecule has 1 aliphatic rings. The minimum absolute atomic E-state index is 0.0258. The lowest BCUT2D eigenvalue weighted by molar-refractivity contribution is -0.129. The Hall–Kier alpha value is -1.86. The highest BCUT2D eigenvalue weighted by atomic mass is 35.5. The Bertz CT molecular complexity index is 996. The molecule has 1 unspecified atom stereocenters. The zero-order chi connectivity index (χ0) is 22.6. The summed E-state index contributed by atoms with van der Waals surface area (Å²) in [6.07, 6.45) is 0.649. The Morgan fingerprint density at radius 3 is 2.42 bits per heavy atom. The average molecular weight is 507 g/mol. The third-order valence-corrected chi connectivity index (χ3v) is 6.04. The van der Waals surface area contributed by atoms with Gasteiger partial charge in [0.05, 0.1) is 16.7 Å². The Morgan fingerprint density at radius 1 is 1.16 bits per heavy atom. The summed E-state index contributed by atoms with van der Waals surface area (Å²) >= 11 is 24.5. The van der Waals surface area contributed by atoms with E-state index in [-0.39, 0.29) is 29.9 Å². The van der Waals surface area contributed by atoms with Gasteiger partial charge in [0.2, 0.25) is 0 Å². The number of halogens is 4. The number of carbonyl (C=O) groups is 1. The summed E-state index contributed by atoms with van der Waals surface area (Å²) < 4.78 is 10.8. The summed E-state index contributed by atoms with van der Waals surface area (Å²) in [5.74, 6) is -0.475. The number of oxime groups is 1. The molecule has 10 heteroatoms. The van der Waals surface area contributed by atoms with Crippen molar-refractivity contribution >= 4 is 58.1 Å². The lowest BCUT2D eigenvalue weighted by Crippen LogP contribution is -2.18. The second-order valence-corrected chi connectivity index (χ2v) is 9.15. The number of ether oxygens (including phenoxy) is 2. The van der Waals surface area contributed by atoms with Gasteiger partial charge in [-0.15, -0.1) is 23.2 Å². The summed E-state index contributed by atoms with van der Waals surface area (Å²) in [6, 6.07) is 9.92. The SMILES string of the molecule is CCON=C(C(=O)O)c1ccccc1COc1cc(OCC2CC2(Cl)Cl)c(Cl)cc1Cl. The van der Waals surface area contributed by atoms with E-state index < -0.39 is 10.3 Å². The molecule has 0 spiro atoms. The van der Waals surface area contributed by atoms with Crippen LogP contribution in [0.2, 0.25) is 10.0 Å². The Balaban J connectivity index is 1.77. The number of nitrogens with zero attached hydrogens (tertiary/aromatic N) is 1. The normalized spacial score (nSPS) is 17.2. The van der Waals surface area contributed by atoms with E-state index in [1.165, 1.54) is 6.07 Å². The summed E-state index contributed by atoms with van der Waals surface area (Å²) in [6.45, 7) is 2.30. The second kappa shape index (κ2) is 10.2. The van der Waals surface area contributed by atoms with Gasteiger partial charge in [-0.2, -0.15) is 0 Å². The largest absolute Gasteiger partial charge is 0.491 e. The Morgan fingerprint density at radius 2 is 1.81 bits per heavy atom. The fourth-order valence-corrected chi connectivity index (χ4v) is 3.73. The van der Waals surface area contributed by atoms with Crippen molar-refractivity contribution in [1.82, 2.24) is 0 Å². The first kappa shape index (κ1) is 23.8. The van der Waals surface area contributed by atoms with Crippen molar-refractivity contribution in [1.29, 1.82) is 0 Å². The molecule has 0 saturated heterocycles. The predicted octanol–water partition coefficient (Wildman–Crippen LogP) is 5.97. The molecule has 6 nitrogen and oxygen atoms in total. The van der Waals surface area contributed by atoms with Crippen molar-refractivity contribution in [3.05, 3.63) is 57.6 Å². The van der Waals surface area contributed by atoms with E-state index in [9.17, 15) is 9.90 Å². The van der Waals surface area contributed by atoms with Gasteiger partial charge in [-0.3, -0.25) is 0 Å². The number of rotatable bonds is 10. The van der Waals surface area contributed by atoms with Gasteiger partial charge in [0.25, 0.3) is 0 Å². The number of aliphatic carboxylic acids is 1. The third-order valence-electron chi connectivity index (χ3n) is 4.53. The number of benzene rings is 2. The zero-order valence-corrected chi connectivity index (χ0v) is 19.4. The van der Waals surface area contributed by atoms with Crippen LogP contribution < -0.4 is 9.47 Å². The molecule has 0 aromatic heterocycles. The van der Waals surface area contributed by atoms with Crippen LogP contribution in [0.3, 0.4) is 0 Å². The molecule has 166 valence electrons. The fourth-order valence-electron chi connectivity index (χ4n) is 2.74. The average Bonchev–Trinajstić information content (AvgIpc) is 3.33. The third kappa shape index (κ3) is 6.10. The number of carboxylic acids is 1. The van der Waals surface area contributed by atoms with Crippen molar-refractivity contribution in [3.63, 3.8) is 0 Å². The van der Waals surface area contributed by atoms with Crippen molar-refractivity contribution in [2.75, 3.05) is 13.2 Å². The lowest BCUT2D eigenvalue weighted by Gasteiger charge is -2.14. The van der Waals surface area contributed by atoms with E-state index in [1.54, 1.807) is 37.3 Å². The van der Waals surface area contributed by atoms with Crippen LogP contribution in [0.5, 0.6) is 11.5 Å². The number of carboxylic acid groups (broad SMARTS) is 1. The molecule has 1 atom stereocenters.